The minimum Gasteiger partial charge on any atom is -0.462 e. The second-order valence-corrected chi connectivity index (χ2v) is 19.5. The van der Waals surface area contributed by atoms with Crippen molar-refractivity contribution in [2.45, 2.75) is 297 Å². The van der Waals surface area contributed by atoms with Crippen molar-refractivity contribution >= 4 is 17.9 Å². The summed E-state index contributed by atoms with van der Waals surface area (Å²) in [5.74, 6) is -0.922. The Hall–Kier alpha value is -3.15. The van der Waals surface area contributed by atoms with Crippen LogP contribution in [-0.4, -0.2) is 37.2 Å². The van der Waals surface area contributed by atoms with Crippen molar-refractivity contribution in [3.8, 4) is 0 Å². The zero-order chi connectivity index (χ0) is 50.0. The lowest BCUT2D eigenvalue weighted by Gasteiger charge is -2.18. The fraction of sp³-hybridized carbons (Fsp3) is 0.762. The van der Waals surface area contributed by atoms with Crippen LogP contribution in [0.5, 0.6) is 0 Å². The van der Waals surface area contributed by atoms with Crippen LogP contribution in [0.15, 0.2) is 72.9 Å². The van der Waals surface area contributed by atoms with E-state index in [4.69, 9.17) is 14.2 Å². The number of esters is 3. The van der Waals surface area contributed by atoms with Gasteiger partial charge in [-0.25, -0.2) is 0 Å². The highest BCUT2D eigenvalue weighted by Gasteiger charge is 2.19. The Balaban J connectivity index is 4.35. The molecule has 0 spiro atoms. The molecule has 0 aliphatic heterocycles. The molecule has 6 nitrogen and oxygen atoms in total. The molecule has 0 aliphatic carbocycles. The quantitative estimate of drug-likeness (QED) is 0.0262. The maximum Gasteiger partial charge on any atom is 0.306 e. The maximum absolute atomic E-state index is 12.8. The first kappa shape index (κ1) is 65.8. The number of hydrogen-bond acceptors (Lipinski definition) is 6. The largest absolute Gasteiger partial charge is 0.462 e. The number of carbonyl (C=O) groups excluding carboxylic acids is 3. The Labute approximate surface area is 427 Å². The number of allylic oxidation sites excluding steroid dienone is 12. The molecule has 1 atom stereocenters. The summed E-state index contributed by atoms with van der Waals surface area (Å²) in [6, 6.07) is 0. The van der Waals surface area contributed by atoms with E-state index < -0.39 is 6.10 Å². The standard InChI is InChI=1S/C63H110O6/c1-4-7-10-13-16-19-22-24-26-28-30-31-33-34-36-38-41-44-47-50-53-56-62(65)68-59-60(58-67-61(64)55-52-49-46-43-40-21-18-15-12-9-6-3)69-63(66)57-54-51-48-45-42-39-37-35-32-29-27-25-23-20-17-14-11-8-5-2/h8,11,15,17-18,20,25,27,32,35,39,42,60H,4-7,9-10,12-14,16,19,21-24,26,28-31,33-34,36-38,40-41,43-59H2,1-3H3/b11-8-,18-15-,20-17-,27-25-,35-32-,42-39-. The lowest BCUT2D eigenvalue weighted by molar-refractivity contribution is -0.167. The van der Waals surface area contributed by atoms with Gasteiger partial charge >= 0.3 is 17.9 Å². The summed E-state index contributed by atoms with van der Waals surface area (Å²) >= 11 is 0. The fourth-order valence-electron chi connectivity index (χ4n) is 8.27. The smallest absolute Gasteiger partial charge is 0.306 e. The number of carbonyl (C=O) groups is 3. The summed E-state index contributed by atoms with van der Waals surface area (Å²) < 4.78 is 16.8. The Bertz CT molecular complexity index is 1290. The van der Waals surface area contributed by atoms with Crippen LogP contribution in [0.1, 0.15) is 290 Å². The second kappa shape index (κ2) is 57.4. The topological polar surface area (TPSA) is 78.9 Å². The molecule has 0 heterocycles. The molecular formula is C63H110O6. The van der Waals surface area contributed by atoms with Crippen LogP contribution in [0.3, 0.4) is 0 Å². The molecule has 0 rings (SSSR count). The number of ether oxygens (including phenoxy) is 3. The normalized spacial score (nSPS) is 12.6. The lowest BCUT2D eigenvalue weighted by Crippen LogP contribution is -2.30. The van der Waals surface area contributed by atoms with Crippen molar-refractivity contribution < 1.29 is 28.6 Å². The highest BCUT2D eigenvalue weighted by Crippen LogP contribution is 2.16. The molecule has 0 aliphatic rings. The molecule has 69 heavy (non-hydrogen) atoms. The average Bonchev–Trinajstić information content (AvgIpc) is 3.35. The number of hydrogen-bond donors (Lipinski definition) is 0. The van der Waals surface area contributed by atoms with E-state index in [9.17, 15) is 14.4 Å². The molecule has 0 radical (unpaired) electrons. The predicted molar refractivity (Wildman–Crippen MR) is 298 cm³/mol. The Kier molecular flexibility index (Phi) is 54.8. The molecule has 0 amide bonds. The Morgan fingerprint density at radius 3 is 0.957 bits per heavy atom. The third-order valence-corrected chi connectivity index (χ3v) is 12.7. The van der Waals surface area contributed by atoms with Crippen LogP contribution in [0.4, 0.5) is 0 Å². The van der Waals surface area contributed by atoms with Crippen molar-refractivity contribution in [2.75, 3.05) is 13.2 Å². The van der Waals surface area contributed by atoms with Crippen LogP contribution < -0.4 is 0 Å². The molecule has 0 aromatic carbocycles. The van der Waals surface area contributed by atoms with Gasteiger partial charge < -0.3 is 14.2 Å². The highest BCUT2D eigenvalue weighted by molar-refractivity contribution is 5.71. The second-order valence-electron chi connectivity index (χ2n) is 19.5. The first-order chi connectivity index (χ1) is 34.0. The van der Waals surface area contributed by atoms with E-state index >= 15 is 0 Å². The van der Waals surface area contributed by atoms with Gasteiger partial charge in [0.05, 0.1) is 0 Å². The first-order valence-corrected chi connectivity index (χ1v) is 29.4. The summed E-state index contributed by atoms with van der Waals surface area (Å²) in [4.78, 5) is 38.1. The molecule has 0 fully saturated rings. The molecule has 0 aromatic heterocycles. The summed E-state index contributed by atoms with van der Waals surface area (Å²) in [6.45, 7) is 6.48. The van der Waals surface area contributed by atoms with Crippen LogP contribution >= 0.6 is 0 Å². The number of unbranched alkanes of at least 4 members (excludes halogenated alkanes) is 30. The van der Waals surface area contributed by atoms with Gasteiger partial charge in [-0.15, -0.1) is 0 Å². The van der Waals surface area contributed by atoms with Gasteiger partial charge in [-0.05, 0) is 83.5 Å². The van der Waals surface area contributed by atoms with Crippen LogP contribution in [0, 0.1) is 0 Å². The van der Waals surface area contributed by atoms with Gasteiger partial charge in [0.25, 0.3) is 0 Å². The third-order valence-electron chi connectivity index (χ3n) is 12.7. The van der Waals surface area contributed by atoms with E-state index in [1.807, 2.05) is 0 Å². The van der Waals surface area contributed by atoms with Crippen LogP contribution in [0.2, 0.25) is 0 Å². The Morgan fingerprint density at radius 2 is 0.580 bits per heavy atom. The Morgan fingerprint density at radius 1 is 0.304 bits per heavy atom. The molecule has 0 bridgehead atoms. The molecule has 0 saturated carbocycles. The minimum absolute atomic E-state index is 0.0892. The van der Waals surface area contributed by atoms with Crippen molar-refractivity contribution in [1.82, 2.24) is 0 Å². The van der Waals surface area contributed by atoms with Gasteiger partial charge in [-0.2, -0.15) is 0 Å². The van der Waals surface area contributed by atoms with Gasteiger partial charge in [0.2, 0.25) is 0 Å². The van der Waals surface area contributed by atoms with Gasteiger partial charge in [-0.1, -0.05) is 261 Å². The van der Waals surface area contributed by atoms with E-state index in [-0.39, 0.29) is 37.5 Å². The molecule has 0 aromatic rings. The van der Waals surface area contributed by atoms with Crippen molar-refractivity contribution in [3.63, 3.8) is 0 Å². The van der Waals surface area contributed by atoms with Crippen LogP contribution in [-0.2, 0) is 28.6 Å². The zero-order valence-electron chi connectivity index (χ0n) is 45.6. The predicted octanol–water partition coefficient (Wildman–Crippen LogP) is 19.8. The first-order valence-electron chi connectivity index (χ1n) is 29.4. The van der Waals surface area contributed by atoms with E-state index in [0.29, 0.717) is 12.8 Å². The zero-order valence-corrected chi connectivity index (χ0v) is 45.6. The van der Waals surface area contributed by atoms with E-state index in [1.54, 1.807) is 0 Å². The summed E-state index contributed by atoms with van der Waals surface area (Å²) in [5, 5.41) is 0. The average molecular weight is 964 g/mol. The van der Waals surface area contributed by atoms with E-state index in [1.165, 1.54) is 148 Å². The van der Waals surface area contributed by atoms with Gasteiger partial charge in [0.15, 0.2) is 6.10 Å². The van der Waals surface area contributed by atoms with Gasteiger partial charge in [-0.3, -0.25) is 14.4 Å². The third kappa shape index (κ3) is 55.6. The van der Waals surface area contributed by atoms with E-state index in [2.05, 4.69) is 93.7 Å². The van der Waals surface area contributed by atoms with E-state index in [0.717, 1.165) is 103 Å². The molecule has 398 valence electrons. The monoisotopic (exact) mass is 963 g/mol. The van der Waals surface area contributed by atoms with Gasteiger partial charge in [0, 0.05) is 19.3 Å². The summed E-state index contributed by atoms with van der Waals surface area (Å²) in [7, 11) is 0. The molecule has 0 N–H and O–H groups in total. The number of rotatable bonds is 53. The summed E-state index contributed by atoms with van der Waals surface area (Å²) in [6.07, 6.45) is 73.3. The van der Waals surface area contributed by atoms with Crippen LogP contribution in [0.25, 0.3) is 0 Å². The molecule has 6 heteroatoms. The molecule has 0 saturated heterocycles. The maximum atomic E-state index is 12.8. The van der Waals surface area contributed by atoms with Crippen molar-refractivity contribution in [1.29, 1.82) is 0 Å². The molecule has 1 unspecified atom stereocenters. The highest BCUT2D eigenvalue weighted by atomic mass is 16.6. The SMILES string of the molecule is CC/C=C\C/C=C\C/C=C\C/C=C\C/C=C\CCCCCC(=O)OC(COC(=O)CCCCCCC/C=C\CCCC)COC(=O)CCCCCCCCCCCCCCCCCCCCCCC. The van der Waals surface area contributed by atoms with Crippen molar-refractivity contribution in [3.05, 3.63) is 72.9 Å². The summed E-state index contributed by atoms with van der Waals surface area (Å²) in [5.41, 5.74) is 0. The molecular weight excluding hydrogens is 853 g/mol. The van der Waals surface area contributed by atoms with Crippen molar-refractivity contribution in [2.24, 2.45) is 0 Å². The fourth-order valence-corrected chi connectivity index (χ4v) is 8.27. The minimum atomic E-state index is -0.795. The van der Waals surface area contributed by atoms with Gasteiger partial charge in [0.1, 0.15) is 13.2 Å². The lowest BCUT2D eigenvalue weighted by atomic mass is 10.0.